The zero-order valence-corrected chi connectivity index (χ0v) is 14.5. The molecule has 2 unspecified atom stereocenters. The van der Waals surface area contributed by atoms with Crippen molar-refractivity contribution in [2.24, 2.45) is 5.92 Å². The summed E-state index contributed by atoms with van der Waals surface area (Å²) < 4.78 is 1.18. The molecule has 1 aromatic carbocycles. The molecule has 1 fully saturated rings. The second-order valence-corrected chi connectivity index (χ2v) is 7.49. The Balaban J connectivity index is 1.88. The first-order chi connectivity index (χ1) is 9.72. The molecular formula is C16H24BrNOS. The summed E-state index contributed by atoms with van der Waals surface area (Å²) in [5.41, 5.74) is -0.0246. The fourth-order valence-electron chi connectivity index (χ4n) is 3.29. The zero-order valence-electron chi connectivity index (χ0n) is 12.1. The van der Waals surface area contributed by atoms with E-state index >= 15 is 0 Å². The molecule has 0 aliphatic heterocycles. The summed E-state index contributed by atoms with van der Waals surface area (Å²) in [6.07, 6.45) is 4.75. The van der Waals surface area contributed by atoms with E-state index in [1.165, 1.54) is 28.6 Å². The van der Waals surface area contributed by atoms with E-state index in [0.717, 1.165) is 18.7 Å². The summed E-state index contributed by atoms with van der Waals surface area (Å²) in [6, 6.07) is 8.38. The highest BCUT2D eigenvalue weighted by Crippen LogP contribution is 2.39. The number of rotatable bonds is 7. The Bertz CT molecular complexity index is 429. The Morgan fingerprint density at radius 3 is 2.95 bits per heavy atom. The summed E-state index contributed by atoms with van der Waals surface area (Å²) >= 11 is 5.50. The number of hydrogen-bond acceptors (Lipinski definition) is 3. The van der Waals surface area contributed by atoms with Gasteiger partial charge in [0.2, 0.25) is 0 Å². The molecule has 0 spiro atoms. The summed E-state index contributed by atoms with van der Waals surface area (Å²) in [7, 11) is 0. The van der Waals surface area contributed by atoms with Crippen molar-refractivity contribution in [1.29, 1.82) is 0 Å². The molecule has 0 saturated heterocycles. The normalized spacial score (nSPS) is 26.1. The monoisotopic (exact) mass is 357 g/mol. The van der Waals surface area contributed by atoms with E-state index < -0.39 is 0 Å². The van der Waals surface area contributed by atoms with E-state index in [0.29, 0.717) is 5.92 Å². The standard InChI is InChI=1S/C16H24BrNOS/c1-2-18-16(12-19)10-5-6-13(16)9-11-20-15-8-4-3-7-14(15)17/h3-4,7-8,13,18-19H,2,5-6,9-12H2,1H3. The van der Waals surface area contributed by atoms with Crippen molar-refractivity contribution >= 4 is 27.7 Å². The Morgan fingerprint density at radius 2 is 2.25 bits per heavy atom. The first-order valence-electron chi connectivity index (χ1n) is 7.45. The number of aliphatic hydroxyl groups is 1. The van der Waals surface area contributed by atoms with Gasteiger partial charge < -0.3 is 10.4 Å². The fraction of sp³-hybridized carbons (Fsp3) is 0.625. The first-order valence-corrected chi connectivity index (χ1v) is 9.23. The molecule has 2 nitrogen and oxygen atoms in total. The van der Waals surface area contributed by atoms with Crippen molar-refractivity contribution in [3.8, 4) is 0 Å². The molecule has 4 heteroatoms. The van der Waals surface area contributed by atoms with Crippen LogP contribution in [0.2, 0.25) is 0 Å². The average molecular weight is 358 g/mol. The van der Waals surface area contributed by atoms with Crippen LogP contribution in [-0.2, 0) is 0 Å². The lowest BCUT2D eigenvalue weighted by Gasteiger charge is -2.35. The van der Waals surface area contributed by atoms with E-state index in [9.17, 15) is 5.11 Å². The molecule has 2 rings (SSSR count). The highest BCUT2D eigenvalue weighted by atomic mass is 79.9. The maximum atomic E-state index is 9.80. The van der Waals surface area contributed by atoms with Crippen molar-refractivity contribution < 1.29 is 5.11 Å². The van der Waals surface area contributed by atoms with Crippen LogP contribution in [0.25, 0.3) is 0 Å². The molecule has 2 N–H and O–H groups in total. The van der Waals surface area contributed by atoms with Crippen LogP contribution in [0, 0.1) is 5.92 Å². The van der Waals surface area contributed by atoms with Crippen molar-refractivity contribution in [1.82, 2.24) is 5.32 Å². The Hall–Kier alpha value is -0.0300. The van der Waals surface area contributed by atoms with Crippen molar-refractivity contribution in [2.75, 3.05) is 18.9 Å². The van der Waals surface area contributed by atoms with Crippen molar-refractivity contribution in [3.05, 3.63) is 28.7 Å². The largest absolute Gasteiger partial charge is 0.394 e. The van der Waals surface area contributed by atoms with Gasteiger partial charge in [-0.2, -0.15) is 0 Å². The summed E-state index contributed by atoms with van der Waals surface area (Å²) in [4.78, 5) is 1.31. The highest BCUT2D eigenvalue weighted by Gasteiger charge is 2.41. The quantitative estimate of drug-likeness (QED) is 0.721. The highest BCUT2D eigenvalue weighted by molar-refractivity contribution is 9.10. The third-order valence-electron chi connectivity index (χ3n) is 4.33. The minimum atomic E-state index is -0.0246. The second kappa shape index (κ2) is 7.83. The van der Waals surface area contributed by atoms with Gasteiger partial charge >= 0.3 is 0 Å². The molecule has 112 valence electrons. The van der Waals surface area contributed by atoms with Crippen LogP contribution >= 0.6 is 27.7 Å². The van der Waals surface area contributed by atoms with Gasteiger partial charge in [-0.25, -0.2) is 0 Å². The number of likely N-dealkylation sites (N-methyl/N-ethyl adjacent to an activating group) is 1. The number of halogens is 1. The third-order valence-corrected chi connectivity index (χ3v) is 6.39. The number of nitrogens with one attached hydrogen (secondary N) is 1. The maximum absolute atomic E-state index is 9.80. The summed E-state index contributed by atoms with van der Waals surface area (Å²) in [5.74, 6) is 1.71. The smallest absolute Gasteiger partial charge is 0.0616 e. The molecule has 20 heavy (non-hydrogen) atoms. The second-order valence-electron chi connectivity index (χ2n) is 5.50. The predicted molar refractivity (Wildman–Crippen MR) is 90.3 cm³/mol. The van der Waals surface area contributed by atoms with E-state index in [4.69, 9.17) is 0 Å². The molecule has 0 amide bonds. The van der Waals surface area contributed by atoms with Gasteiger partial charge in [0.1, 0.15) is 0 Å². The van der Waals surface area contributed by atoms with E-state index in [1.54, 1.807) is 0 Å². The molecule has 0 heterocycles. The van der Waals surface area contributed by atoms with Gasteiger partial charge in [0, 0.05) is 14.9 Å². The van der Waals surface area contributed by atoms with Crippen LogP contribution in [0.15, 0.2) is 33.6 Å². The van der Waals surface area contributed by atoms with E-state index in [2.05, 4.69) is 46.4 Å². The summed E-state index contributed by atoms with van der Waals surface area (Å²) in [5, 5.41) is 13.4. The van der Waals surface area contributed by atoms with Gasteiger partial charge in [-0.3, -0.25) is 0 Å². The molecule has 1 saturated carbocycles. The van der Waals surface area contributed by atoms with Gasteiger partial charge in [0.15, 0.2) is 0 Å². The van der Waals surface area contributed by atoms with E-state index in [1.807, 2.05) is 17.8 Å². The number of thioether (sulfide) groups is 1. The molecule has 1 aromatic rings. The molecule has 1 aliphatic rings. The van der Waals surface area contributed by atoms with Crippen molar-refractivity contribution in [3.63, 3.8) is 0 Å². The van der Waals surface area contributed by atoms with Gasteiger partial charge in [-0.05, 0) is 65.5 Å². The van der Waals surface area contributed by atoms with Crippen LogP contribution in [0.4, 0.5) is 0 Å². The predicted octanol–water partition coefficient (Wildman–Crippen LogP) is 4.07. The molecule has 1 aliphatic carbocycles. The molecule has 2 atom stereocenters. The number of hydrogen-bond donors (Lipinski definition) is 2. The maximum Gasteiger partial charge on any atom is 0.0616 e. The minimum absolute atomic E-state index is 0.0246. The molecule has 0 bridgehead atoms. The topological polar surface area (TPSA) is 32.3 Å². The van der Waals surface area contributed by atoms with Gasteiger partial charge in [0.25, 0.3) is 0 Å². The molecular weight excluding hydrogens is 334 g/mol. The van der Waals surface area contributed by atoms with E-state index in [-0.39, 0.29) is 12.1 Å². The number of aliphatic hydroxyl groups excluding tert-OH is 1. The number of benzene rings is 1. The third kappa shape index (κ3) is 3.79. The lowest BCUT2D eigenvalue weighted by Crippen LogP contribution is -2.51. The fourth-order valence-corrected chi connectivity index (χ4v) is 4.92. The van der Waals surface area contributed by atoms with Gasteiger partial charge in [-0.15, -0.1) is 11.8 Å². The Labute approximate surface area is 134 Å². The van der Waals surface area contributed by atoms with Crippen LogP contribution in [0.1, 0.15) is 32.6 Å². The SMILES string of the molecule is CCNC1(CO)CCCC1CCSc1ccccc1Br. The minimum Gasteiger partial charge on any atom is -0.394 e. The lowest BCUT2D eigenvalue weighted by atomic mass is 9.86. The Kier molecular flexibility index (Phi) is 6.40. The van der Waals surface area contributed by atoms with Crippen molar-refractivity contribution in [2.45, 2.75) is 43.0 Å². The molecule has 0 radical (unpaired) electrons. The van der Waals surface area contributed by atoms with Crippen LogP contribution in [0.5, 0.6) is 0 Å². The van der Waals surface area contributed by atoms with Crippen LogP contribution in [0.3, 0.4) is 0 Å². The zero-order chi connectivity index (χ0) is 14.4. The van der Waals surface area contributed by atoms with Gasteiger partial charge in [0.05, 0.1) is 6.61 Å². The lowest BCUT2D eigenvalue weighted by molar-refractivity contribution is 0.124. The van der Waals surface area contributed by atoms with Crippen LogP contribution in [-0.4, -0.2) is 29.5 Å². The first kappa shape index (κ1) is 16.3. The Morgan fingerprint density at radius 1 is 1.45 bits per heavy atom. The average Bonchev–Trinajstić information content (AvgIpc) is 2.85. The van der Waals surface area contributed by atoms with Gasteiger partial charge in [-0.1, -0.05) is 25.5 Å². The summed E-state index contributed by atoms with van der Waals surface area (Å²) in [6.45, 7) is 3.34. The van der Waals surface area contributed by atoms with Crippen LogP contribution < -0.4 is 5.32 Å². The molecule has 0 aromatic heterocycles.